The Morgan fingerprint density at radius 3 is 2.91 bits per heavy atom. The molecule has 0 aliphatic carbocycles. The SMILES string of the molecule is Cn1c(CCc2nc3ccccc3[nH]2)nnc1SCC(=O)O. The molecule has 1 aromatic carbocycles. The van der Waals surface area contributed by atoms with Gasteiger partial charge in [-0.3, -0.25) is 4.79 Å². The van der Waals surface area contributed by atoms with E-state index in [2.05, 4.69) is 20.2 Å². The van der Waals surface area contributed by atoms with Crippen LogP contribution < -0.4 is 0 Å². The summed E-state index contributed by atoms with van der Waals surface area (Å²) in [6.45, 7) is 0. The molecular weight excluding hydrogens is 302 g/mol. The number of nitrogens with zero attached hydrogens (tertiary/aromatic N) is 4. The number of carbonyl (C=O) groups is 1. The number of fused-ring (bicyclic) bond motifs is 1. The lowest BCUT2D eigenvalue weighted by Crippen LogP contribution is -2.04. The highest BCUT2D eigenvalue weighted by Gasteiger charge is 2.11. The van der Waals surface area contributed by atoms with Gasteiger partial charge in [0.25, 0.3) is 0 Å². The smallest absolute Gasteiger partial charge is 0.313 e. The lowest BCUT2D eigenvalue weighted by Gasteiger charge is -2.01. The summed E-state index contributed by atoms with van der Waals surface area (Å²) in [5.74, 6) is 0.837. The Labute approximate surface area is 130 Å². The van der Waals surface area contributed by atoms with Crippen LogP contribution >= 0.6 is 11.8 Å². The van der Waals surface area contributed by atoms with E-state index in [0.717, 1.165) is 29.1 Å². The number of aromatic amines is 1. The van der Waals surface area contributed by atoms with E-state index in [1.54, 1.807) is 0 Å². The number of imidazole rings is 1. The number of para-hydroxylation sites is 2. The molecule has 3 rings (SSSR count). The third kappa shape index (κ3) is 3.11. The number of aryl methyl sites for hydroxylation is 2. The van der Waals surface area contributed by atoms with E-state index < -0.39 is 5.97 Å². The number of hydrogen-bond acceptors (Lipinski definition) is 5. The van der Waals surface area contributed by atoms with Crippen LogP contribution in [0.3, 0.4) is 0 Å². The minimum Gasteiger partial charge on any atom is -0.481 e. The van der Waals surface area contributed by atoms with Crippen molar-refractivity contribution in [3.05, 3.63) is 35.9 Å². The van der Waals surface area contributed by atoms with Gasteiger partial charge in [0, 0.05) is 19.9 Å². The molecule has 0 radical (unpaired) electrons. The highest BCUT2D eigenvalue weighted by Crippen LogP contribution is 2.16. The molecule has 0 atom stereocenters. The van der Waals surface area contributed by atoms with Crippen LogP contribution in [0.25, 0.3) is 11.0 Å². The summed E-state index contributed by atoms with van der Waals surface area (Å²) >= 11 is 1.17. The van der Waals surface area contributed by atoms with Crippen molar-refractivity contribution in [2.75, 3.05) is 5.75 Å². The Balaban J connectivity index is 1.67. The first kappa shape index (κ1) is 14.6. The zero-order chi connectivity index (χ0) is 15.5. The van der Waals surface area contributed by atoms with Gasteiger partial charge in [0.1, 0.15) is 11.6 Å². The molecule has 0 aliphatic rings. The zero-order valence-electron chi connectivity index (χ0n) is 12.0. The van der Waals surface area contributed by atoms with Crippen molar-refractivity contribution >= 4 is 28.8 Å². The predicted octanol–water partition coefficient (Wildman–Crippen LogP) is 1.65. The van der Waals surface area contributed by atoms with Gasteiger partial charge in [0.15, 0.2) is 5.16 Å². The summed E-state index contributed by atoms with van der Waals surface area (Å²) in [7, 11) is 1.85. The number of aliphatic carboxylic acids is 1. The number of carboxylic acids is 1. The molecule has 0 amide bonds. The van der Waals surface area contributed by atoms with Crippen LogP contribution in [0.15, 0.2) is 29.4 Å². The molecule has 7 nitrogen and oxygen atoms in total. The van der Waals surface area contributed by atoms with E-state index in [-0.39, 0.29) is 5.75 Å². The Hall–Kier alpha value is -2.35. The first-order valence-electron chi connectivity index (χ1n) is 6.80. The van der Waals surface area contributed by atoms with Gasteiger partial charge in [-0.05, 0) is 12.1 Å². The fourth-order valence-corrected chi connectivity index (χ4v) is 2.82. The van der Waals surface area contributed by atoms with E-state index in [4.69, 9.17) is 5.11 Å². The van der Waals surface area contributed by atoms with Gasteiger partial charge in [0.2, 0.25) is 0 Å². The lowest BCUT2D eigenvalue weighted by atomic mass is 10.3. The highest BCUT2D eigenvalue weighted by atomic mass is 32.2. The second-order valence-electron chi connectivity index (χ2n) is 4.84. The third-order valence-corrected chi connectivity index (χ3v) is 4.28. The minimum absolute atomic E-state index is 0.0183. The Kier molecular flexibility index (Phi) is 4.10. The molecule has 0 saturated heterocycles. The van der Waals surface area contributed by atoms with Crippen molar-refractivity contribution < 1.29 is 9.90 Å². The van der Waals surface area contributed by atoms with Crippen molar-refractivity contribution in [2.24, 2.45) is 7.05 Å². The fourth-order valence-electron chi connectivity index (χ4n) is 2.17. The molecule has 2 N–H and O–H groups in total. The number of rotatable bonds is 6. The van der Waals surface area contributed by atoms with Crippen molar-refractivity contribution in [2.45, 2.75) is 18.0 Å². The van der Waals surface area contributed by atoms with Crippen LogP contribution in [0.4, 0.5) is 0 Å². The van der Waals surface area contributed by atoms with Crippen molar-refractivity contribution in [3.8, 4) is 0 Å². The zero-order valence-corrected chi connectivity index (χ0v) is 12.8. The van der Waals surface area contributed by atoms with Gasteiger partial charge >= 0.3 is 5.97 Å². The minimum atomic E-state index is -0.864. The number of aromatic nitrogens is 5. The summed E-state index contributed by atoms with van der Waals surface area (Å²) in [5.41, 5.74) is 1.97. The molecule has 114 valence electrons. The molecule has 0 aliphatic heterocycles. The second-order valence-corrected chi connectivity index (χ2v) is 5.78. The summed E-state index contributed by atoms with van der Waals surface area (Å²) in [6, 6.07) is 7.90. The van der Waals surface area contributed by atoms with Crippen LogP contribution in [0.5, 0.6) is 0 Å². The molecule has 0 bridgehead atoms. The standard InChI is InChI=1S/C14H15N5O2S/c1-19-12(17-18-14(19)22-8-13(20)21)7-6-11-15-9-4-2-3-5-10(9)16-11/h2-5H,6-8H2,1H3,(H,15,16)(H,20,21). The van der Waals surface area contributed by atoms with Crippen LogP contribution in [0.2, 0.25) is 0 Å². The predicted molar refractivity (Wildman–Crippen MR) is 82.9 cm³/mol. The van der Waals surface area contributed by atoms with Crippen molar-refractivity contribution in [1.29, 1.82) is 0 Å². The van der Waals surface area contributed by atoms with Crippen molar-refractivity contribution in [1.82, 2.24) is 24.7 Å². The van der Waals surface area contributed by atoms with Crippen LogP contribution in [0, 0.1) is 0 Å². The second kappa shape index (κ2) is 6.18. The number of benzene rings is 1. The lowest BCUT2D eigenvalue weighted by molar-refractivity contribution is -0.133. The van der Waals surface area contributed by atoms with Gasteiger partial charge in [-0.2, -0.15) is 0 Å². The first-order chi connectivity index (χ1) is 10.6. The van der Waals surface area contributed by atoms with Crippen LogP contribution in [-0.2, 0) is 24.7 Å². The molecule has 22 heavy (non-hydrogen) atoms. The first-order valence-corrected chi connectivity index (χ1v) is 7.78. The fraction of sp³-hybridized carbons (Fsp3) is 0.286. The van der Waals surface area contributed by atoms with Crippen LogP contribution in [0.1, 0.15) is 11.6 Å². The average molecular weight is 317 g/mol. The number of nitrogens with one attached hydrogen (secondary N) is 1. The molecule has 8 heteroatoms. The Morgan fingerprint density at radius 1 is 1.32 bits per heavy atom. The molecule has 0 unspecified atom stereocenters. The number of hydrogen-bond donors (Lipinski definition) is 2. The summed E-state index contributed by atoms with van der Waals surface area (Å²) in [6.07, 6.45) is 1.42. The maximum absolute atomic E-state index is 10.6. The summed E-state index contributed by atoms with van der Waals surface area (Å²) in [4.78, 5) is 18.4. The largest absolute Gasteiger partial charge is 0.481 e. The molecule has 3 aromatic rings. The summed E-state index contributed by atoms with van der Waals surface area (Å²) in [5, 5.41) is 17.5. The molecule has 0 saturated carbocycles. The maximum atomic E-state index is 10.6. The average Bonchev–Trinajstić information content (AvgIpc) is 3.06. The maximum Gasteiger partial charge on any atom is 0.313 e. The van der Waals surface area contributed by atoms with Gasteiger partial charge in [-0.1, -0.05) is 23.9 Å². The Bertz CT molecular complexity index is 778. The van der Waals surface area contributed by atoms with E-state index in [1.807, 2.05) is 35.9 Å². The summed E-state index contributed by atoms with van der Waals surface area (Å²) < 4.78 is 1.83. The Morgan fingerprint density at radius 2 is 2.14 bits per heavy atom. The third-order valence-electron chi connectivity index (χ3n) is 3.27. The molecular formula is C14H15N5O2S. The topological polar surface area (TPSA) is 96.7 Å². The number of H-pyrrole nitrogens is 1. The number of carboxylic acid groups (broad SMARTS) is 1. The quantitative estimate of drug-likeness (QED) is 0.671. The van der Waals surface area contributed by atoms with Gasteiger partial charge in [0.05, 0.1) is 16.8 Å². The molecule has 0 fully saturated rings. The van der Waals surface area contributed by atoms with Crippen LogP contribution in [-0.4, -0.2) is 41.6 Å². The van der Waals surface area contributed by atoms with Gasteiger partial charge in [-0.15, -0.1) is 10.2 Å². The van der Waals surface area contributed by atoms with E-state index in [9.17, 15) is 4.79 Å². The molecule has 0 spiro atoms. The van der Waals surface area contributed by atoms with Gasteiger partial charge in [-0.25, -0.2) is 4.98 Å². The van der Waals surface area contributed by atoms with E-state index >= 15 is 0 Å². The van der Waals surface area contributed by atoms with Crippen molar-refractivity contribution in [3.63, 3.8) is 0 Å². The molecule has 2 heterocycles. The normalized spacial score (nSPS) is 11.1. The molecule has 2 aromatic heterocycles. The van der Waals surface area contributed by atoms with Gasteiger partial charge < -0.3 is 14.7 Å². The van der Waals surface area contributed by atoms with E-state index in [1.165, 1.54) is 11.8 Å². The monoisotopic (exact) mass is 317 g/mol. The number of thioether (sulfide) groups is 1. The van der Waals surface area contributed by atoms with E-state index in [0.29, 0.717) is 11.6 Å². The highest BCUT2D eigenvalue weighted by molar-refractivity contribution is 7.99.